The van der Waals surface area contributed by atoms with Gasteiger partial charge in [0.15, 0.2) is 0 Å². The number of carbonyl (C=O) groups excluding carboxylic acids is 1. The quantitative estimate of drug-likeness (QED) is 0.843. The van der Waals surface area contributed by atoms with E-state index in [4.69, 9.17) is 4.28 Å². The first-order valence-electron chi connectivity index (χ1n) is 6.22. The fourth-order valence-electron chi connectivity index (χ4n) is 2.02. The van der Waals surface area contributed by atoms with E-state index < -0.39 is 10.1 Å². The first kappa shape index (κ1) is 13.6. The van der Waals surface area contributed by atoms with Gasteiger partial charge in [-0.2, -0.15) is 8.42 Å². The molecule has 0 saturated carbocycles. The number of fused-ring (bicyclic) bond motifs is 1. The van der Waals surface area contributed by atoms with E-state index in [1.165, 1.54) is 12.1 Å². The number of para-hydroxylation sites is 1. The van der Waals surface area contributed by atoms with Crippen LogP contribution in [0.25, 0.3) is 0 Å². The molecule has 3 rings (SSSR count). The highest BCUT2D eigenvalue weighted by Crippen LogP contribution is 2.26. The molecule has 0 aromatic heterocycles. The molecule has 2 aromatic carbocycles. The first-order valence-corrected chi connectivity index (χ1v) is 7.63. The van der Waals surface area contributed by atoms with Gasteiger partial charge in [-0.3, -0.25) is 4.79 Å². The summed E-state index contributed by atoms with van der Waals surface area (Å²) in [7, 11) is -3.95. The third-order valence-corrected chi connectivity index (χ3v) is 4.17. The topological polar surface area (TPSA) is 84.5 Å². The second-order valence-corrected chi connectivity index (χ2v) is 6.10. The number of rotatable bonds is 4. The Hall–Kier alpha value is -2.38. The largest absolute Gasteiger partial charge is 0.326 e. The summed E-state index contributed by atoms with van der Waals surface area (Å²) >= 11 is 0. The smallest absolute Gasteiger partial charge is 0.317 e. The molecule has 0 fully saturated rings. The van der Waals surface area contributed by atoms with Gasteiger partial charge in [0.25, 0.3) is 0 Å². The van der Waals surface area contributed by atoms with Crippen LogP contribution in [0.5, 0.6) is 0 Å². The lowest BCUT2D eigenvalue weighted by molar-refractivity contribution is -0.115. The maximum Gasteiger partial charge on any atom is 0.317 e. The lowest BCUT2D eigenvalue weighted by Crippen LogP contribution is -2.11. The van der Waals surface area contributed by atoms with Crippen LogP contribution in [0.4, 0.5) is 11.4 Å². The summed E-state index contributed by atoms with van der Waals surface area (Å²) in [6, 6.07) is 13.1. The van der Waals surface area contributed by atoms with E-state index >= 15 is 0 Å². The molecule has 0 bridgehead atoms. The molecule has 21 heavy (non-hydrogen) atoms. The van der Waals surface area contributed by atoms with Crippen LogP contribution in [0.2, 0.25) is 0 Å². The molecule has 2 N–H and O–H groups in total. The van der Waals surface area contributed by atoms with Gasteiger partial charge >= 0.3 is 10.1 Å². The molecule has 2 aromatic rings. The standard InChI is InChI=1S/C14H12N2O4S/c17-14-9-10-8-12(6-7-13(10)15-14)21(18,19)20-16-11-4-2-1-3-5-11/h1-8,16H,9H2,(H,15,17). The number of anilines is 2. The highest BCUT2D eigenvalue weighted by Gasteiger charge is 2.22. The molecule has 108 valence electrons. The second-order valence-electron chi connectivity index (χ2n) is 4.55. The van der Waals surface area contributed by atoms with Crippen molar-refractivity contribution >= 4 is 27.4 Å². The van der Waals surface area contributed by atoms with Crippen LogP contribution in [0.1, 0.15) is 5.56 Å². The minimum atomic E-state index is -3.95. The summed E-state index contributed by atoms with van der Waals surface area (Å²) in [4.78, 5) is 11.3. The van der Waals surface area contributed by atoms with E-state index in [0.717, 1.165) is 0 Å². The summed E-state index contributed by atoms with van der Waals surface area (Å²) in [6.45, 7) is 0. The van der Waals surface area contributed by atoms with E-state index in [2.05, 4.69) is 10.8 Å². The zero-order valence-corrected chi connectivity index (χ0v) is 11.7. The zero-order valence-electron chi connectivity index (χ0n) is 10.9. The Morgan fingerprint density at radius 1 is 1.10 bits per heavy atom. The van der Waals surface area contributed by atoms with Gasteiger partial charge in [-0.25, -0.2) is 5.48 Å². The number of amides is 1. The van der Waals surface area contributed by atoms with Crippen LogP contribution in [0.15, 0.2) is 53.4 Å². The molecule has 1 heterocycles. The van der Waals surface area contributed by atoms with Crippen LogP contribution in [-0.4, -0.2) is 14.3 Å². The zero-order chi connectivity index (χ0) is 14.9. The number of hydrogen-bond acceptors (Lipinski definition) is 5. The fourth-order valence-corrected chi connectivity index (χ4v) is 2.84. The van der Waals surface area contributed by atoms with Gasteiger partial charge in [0.2, 0.25) is 5.91 Å². The Labute approximate surface area is 121 Å². The first-order chi connectivity index (χ1) is 10.0. The summed E-state index contributed by atoms with van der Waals surface area (Å²) in [5, 5.41) is 2.64. The van der Waals surface area contributed by atoms with Gasteiger partial charge in [-0.15, -0.1) is 4.28 Å². The van der Waals surface area contributed by atoms with Crippen LogP contribution < -0.4 is 10.8 Å². The van der Waals surface area contributed by atoms with Crippen molar-refractivity contribution < 1.29 is 17.5 Å². The van der Waals surface area contributed by atoms with Gasteiger partial charge in [-0.05, 0) is 35.9 Å². The maximum atomic E-state index is 12.1. The third-order valence-electron chi connectivity index (χ3n) is 3.03. The van der Waals surface area contributed by atoms with Gasteiger partial charge in [0.05, 0.1) is 17.0 Å². The predicted octanol–water partition coefficient (Wildman–Crippen LogP) is 1.91. The van der Waals surface area contributed by atoms with Crippen molar-refractivity contribution in [3.8, 4) is 0 Å². The molecule has 0 unspecified atom stereocenters. The number of benzene rings is 2. The minimum absolute atomic E-state index is 0.00109. The van der Waals surface area contributed by atoms with Gasteiger partial charge < -0.3 is 5.32 Å². The lowest BCUT2D eigenvalue weighted by atomic mass is 10.2. The number of carbonyl (C=O) groups is 1. The van der Waals surface area contributed by atoms with E-state index in [-0.39, 0.29) is 17.2 Å². The van der Waals surface area contributed by atoms with E-state index in [9.17, 15) is 13.2 Å². The second kappa shape index (κ2) is 5.19. The monoisotopic (exact) mass is 304 g/mol. The van der Waals surface area contributed by atoms with E-state index in [1.54, 1.807) is 30.3 Å². The number of nitrogens with one attached hydrogen (secondary N) is 2. The Bertz CT molecular complexity index is 788. The van der Waals surface area contributed by atoms with Crippen LogP contribution >= 0.6 is 0 Å². The average molecular weight is 304 g/mol. The molecule has 0 radical (unpaired) electrons. The Morgan fingerprint density at radius 3 is 2.62 bits per heavy atom. The Balaban J connectivity index is 1.79. The van der Waals surface area contributed by atoms with Gasteiger partial charge in [0.1, 0.15) is 0 Å². The Kier molecular flexibility index (Phi) is 3.36. The SMILES string of the molecule is O=C1Cc2cc(S(=O)(=O)ONc3ccccc3)ccc2N1. The van der Waals surface area contributed by atoms with Crippen molar-refractivity contribution in [2.24, 2.45) is 0 Å². The molecule has 7 heteroatoms. The van der Waals surface area contributed by atoms with Crippen molar-refractivity contribution in [2.45, 2.75) is 11.3 Å². The normalized spacial score (nSPS) is 13.6. The number of hydrogen-bond donors (Lipinski definition) is 2. The highest BCUT2D eigenvalue weighted by molar-refractivity contribution is 7.86. The van der Waals surface area contributed by atoms with Crippen molar-refractivity contribution in [3.05, 3.63) is 54.1 Å². The maximum absolute atomic E-state index is 12.1. The summed E-state index contributed by atoms with van der Waals surface area (Å²) in [5.74, 6) is -0.150. The summed E-state index contributed by atoms with van der Waals surface area (Å²) < 4.78 is 29.0. The molecule has 0 saturated heterocycles. The highest BCUT2D eigenvalue weighted by atomic mass is 32.2. The van der Waals surface area contributed by atoms with Gasteiger partial charge in [-0.1, -0.05) is 18.2 Å². The molecular weight excluding hydrogens is 292 g/mol. The van der Waals surface area contributed by atoms with Crippen molar-refractivity contribution in [1.82, 2.24) is 0 Å². The van der Waals surface area contributed by atoms with Crippen molar-refractivity contribution in [1.29, 1.82) is 0 Å². The van der Waals surface area contributed by atoms with Crippen LogP contribution in [0, 0.1) is 0 Å². The van der Waals surface area contributed by atoms with Crippen molar-refractivity contribution in [3.63, 3.8) is 0 Å². The molecule has 0 atom stereocenters. The predicted molar refractivity (Wildman–Crippen MR) is 77.1 cm³/mol. The Morgan fingerprint density at radius 2 is 1.86 bits per heavy atom. The third kappa shape index (κ3) is 2.88. The summed E-state index contributed by atoms with van der Waals surface area (Å²) in [6.07, 6.45) is 0.171. The molecule has 6 nitrogen and oxygen atoms in total. The fraction of sp³-hybridized carbons (Fsp3) is 0.0714. The van der Waals surface area contributed by atoms with E-state index in [0.29, 0.717) is 16.9 Å². The van der Waals surface area contributed by atoms with Crippen LogP contribution in [-0.2, 0) is 25.6 Å². The van der Waals surface area contributed by atoms with Gasteiger partial charge in [0, 0.05) is 5.69 Å². The van der Waals surface area contributed by atoms with Crippen LogP contribution in [0.3, 0.4) is 0 Å². The molecule has 1 aliphatic heterocycles. The molecule has 1 amide bonds. The van der Waals surface area contributed by atoms with Crippen molar-refractivity contribution in [2.75, 3.05) is 10.8 Å². The summed E-state index contributed by atoms with van der Waals surface area (Å²) in [5.41, 5.74) is 4.19. The minimum Gasteiger partial charge on any atom is -0.326 e. The van der Waals surface area contributed by atoms with E-state index in [1.807, 2.05) is 6.07 Å². The molecular formula is C14H12N2O4S. The molecule has 1 aliphatic rings. The molecule has 0 spiro atoms. The average Bonchev–Trinajstić information content (AvgIpc) is 2.85. The molecule has 0 aliphatic carbocycles. The lowest BCUT2D eigenvalue weighted by Gasteiger charge is -2.08.